The van der Waals surface area contributed by atoms with Gasteiger partial charge in [-0.15, -0.1) is 0 Å². The average Bonchev–Trinajstić information content (AvgIpc) is 2.49. The molecule has 22 heavy (non-hydrogen) atoms. The van der Waals surface area contributed by atoms with Gasteiger partial charge in [-0.05, 0) is 56.2 Å². The number of nitrogens with one attached hydrogen (secondary N) is 1. The highest BCUT2D eigenvalue weighted by molar-refractivity contribution is 5.94. The zero-order valence-corrected chi connectivity index (χ0v) is 13.0. The van der Waals surface area contributed by atoms with Crippen molar-refractivity contribution in [3.8, 4) is 5.75 Å². The molecule has 2 aromatic rings. The molecular formula is C18H19NO3. The van der Waals surface area contributed by atoms with Crippen molar-refractivity contribution < 1.29 is 14.3 Å². The lowest BCUT2D eigenvalue weighted by molar-refractivity contribution is -0.118. The molecule has 0 bridgehead atoms. The summed E-state index contributed by atoms with van der Waals surface area (Å²) in [6, 6.07) is 12.6. The number of aryl methyl sites for hydroxylation is 2. The number of carbonyl (C=O) groups excluding carboxylic acids is 2. The Hall–Kier alpha value is -2.62. The molecule has 0 unspecified atom stereocenters. The minimum absolute atomic E-state index is 0.000629. The second-order valence-corrected chi connectivity index (χ2v) is 5.18. The average molecular weight is 297 g/mol. The summed E-state index contributed by atoms with van der Waals surface area (Å²) in [6.45, 7) is 5.33. The van der Waals surface area contributed by atoms with Crippen molar-refractivity contribution in [1.29, 1.82) is 0 Å². The molecule has 0 fully saturated rings. The normalized spacial score (nSPS) is 10.1. The monoisotopic (exact) mass is 297 g/mol. The van der Waals surface area contributed by atoms with E-state index in [2.05, 4.69) is 5.32 Å². The Bertz CT molecular complexity index is 670. The van der Waals surface area contributed by atoms with Gasteiger partial charge in [0, 0.05) is 11.3 Å². The molecule has 0 aromatic heterocycles. The molecule has 0 aliphatic carbocycles. The summed E-state index contributed by atoms with van der Waals surface area (Å²) in [7, 11) is 0. The van der Waals surface area contributed by atoms with Crippen LogP contribution in [0.5, 0.6) is 5.75 Å². The van der Waals surface area contributed by atoms with E-state index in [9.17, 15) is 9.59 Å². The maximum atomic E-state index is 12.0. The first-order valence-corrected chi connectivity index (χ1v) is 7.07. The standard InChI is InChI=1S/C18H19NO3/c1-12-5-4-6-13(2)18(12)19-17(21)11-22-16-9-7-15(8-10-16)14(3)20/h4-10H,11H2,1-3H3,(H,19,21). The van der Waals surface area contributed by atoms with Crippen LogP contribution < -0.4 is 10.1 Å². The molecule has 2 aromatic carbocycles. The Morgan fingerprint density at radius 2 is 1.59 bits per heavy atom. The lowest BCUT2D eigenvalue weighted by atomic mass is 10.1. The minimum Gasteiger partial charge on any atom is -0.484 e. The molecule has 0 atom stereocenters. The number of hydrogen-bond donors (Lipinski definition) is 1. The summed E-state index contributed by atoms with van der Waals surface area (Å²) in [5, 5.41) is 2.86. The second kappa shape index (κ2) is 6.89. The van der Waals surface area contributed by atoms with Crippen molar-refractivity contribution in [2.24, 2.45) is 0 Å². The fourth-order valence-electron chi connectivity index (χ4n) is 2.12. The Kier molecular flexibility index (Phi) is 4.94. The summed E-state index contributed by atoms with van der Waals surface area (Å²) in [5.41, 5.74) is 3.47. The van der Waals surface area contributed by atoms with Crippen LogP contribution in [-0.2, 0) is 4.79 Å². The Labute approximate surface area is 130 Å². The van der Waals surface area contributed by atoms with Gasteiger partial charge in [-0.25, -0.2) is 0 Å². The van der Waals surface area contributed by atoms with Crippen LogP contribution in [0.4, 0.5) is 5.69 Å². The number of hydrogen-bond acceptors (Lipinski definition) is 3. The Balaban J connectivity index is 1.94. The molecule has 0 saturated carbocycles. The van der Waals surface area contributed by atoms with Gasteiger partial charge >= 0.3 is 0 Å². The minimum atomic E-state index is -0.215. The van der Waals surface area contributed by atoms with E-state index in [-0.39, 0.29) is 18.3 Å². The molecule has 0 radical (unpaired) electrons. The van der Waals surface area contributed by atoms with E-state index in [1.807, 2.05) is 32.0 Å². The maximum Gasteiger partial charge on any atom is 0.262 e. The Morgan fingerprint density at radius 3 is 2.14 bits per heavy atom. The van der Waals surface area contributed by atoms with Crippen molar-refractivity contribution in [3.05, 3.63) is 59.2 Å². The number of carbonyl (C=O) groups is 2. The van der Waals surface area contributed by atoms with Crippen LogP contribution in [0.2, 0.25) is 0 Å². The molecule has 0 spiro atoms. The Morgan fingerprint density at radius 1 is 1.00 bits per heavy atom. The molecule has 4 heteroatoms. The molecule has 0 heterocycles. The maximum absolute atomic E-state index is 12.0. The van der Waals surface area contributed by atoms with Crippen LogP contribution in [-0.4, -0.2) is 18.3 Å². The molecule has 1 amide bonds. The predicted octanol–water partition coefficient (Wildman–Crippen LogP) is 3.52. The molecule has 1 N–H and O–H groups in total. The van der Waals surface area contributed by atoms with Crippen molar-refractivity contribution in [2.75, 3.05) is 11.9 Å². The van der Waals surface area contributed by atoms with E-state index < -0.39 is 0 Å². The number of rotatable bonds is 5. The van der Waals surface area contributed by atoms with Crippen LogP contribution in [0.25, 0.3) is 0 Å². The molecular weight excluding hydrogens is 278 g/mol. The number of amides is 1. The van der Waals surface area contributed by atoms with Crippen molar-refractivity contribution in [2.45, 2.75) is 20.8 Å². The van der Waals surface area contributed by atoms with Crippen LogP contribution in [0.15, 0.2) is 42.5 Å². The summed E-state index contributed by atoms with van der Waals surface area (Å²) in [4.78, 5) is 23.2. The summed E-state index contributed by atoms with van der Waals surface area (Å²) >= 11 is 0. The van der Waals surface area contributed by atoms with E-state index >= 15 is 0 Å². The number of anilines is 1. The number of ether oxygens (including phenoxy) is 1. The molecule has 4 nitrogen and oxygen atoms in total. The first-order chi connectivity index (χ1) is 10.5. The number of benzene rings is 2. The third kappa shape index (κ3) is 3.95. The van der Waals surface area contributed by atoms with Crippen molar-refractivity contribution in [1.82, 2.24) is 0 Å². The first kappa shape index (κ1) is 15.8. The smallest absolute Gasteiger partial charge is 0.262 e. The van der Waals surface area contributed by atoms with Gasteiger partial charge in [0.1, 0.15) is 5.75 Å². The highest BCUT2D eigenvalue weighted by Gasteiger charge is 2.08. The quantitative estimate of drug-likeness (QED) is 0.859. The molecule has 2 rings (SSSR count). The summed E-state index contributed by atoms with van der Waals surface area (Å²) in [6.07, 6.45) is 0. The first-order valence-electron chi connectivity index (χ1n) is 7.07. The van der Waals surface area contributed by atoms with Gasteiger partial charge in [-0.3, -0.25) is 9.59 Å². The number of para-hydroxylation sites is 1. The summed E-state index contributed by atoms with van der Waals surface area (Å²) < 4.78 is 5.43. The molecule has 114 valence electrons. The fraction of sp³-hybridized carbons (Fsp3) is 0.222. The van der Waals surface area contributed by atoms with Gasteiger partial charge in [-0.1, -0.05) is 18.2 Å². The fourth-order valence-corrected chi connectivity index (χ4v) is 2.12. The molecule has 0 saturated heterocycles. The zero-order valence-electron chi connectivity index (χ0n) is 13.0. The van der Waals surface area contributed by atoms with E-state index in [1.54, 1.807) is 24.3 Å². The van der Waals surface area contributed by atoms with Gasteiger partial charge in [0.05, 0.1) is 0 Å². The lowest BCUT2D eigenvalue weighted by Gasteiger charge is -2.12. The lowest BCUT2D eigenvalue weighted by Crippen LogP contribution is -2.21. The van der Waals surface area contributed by atoms with E-state index in [0.717, 1.165) is 16.8 Å². The highest BCUT2D eigenvalue weighted by Crippen LogP contribution is 2.19. The van der Waals surface area contributed by atoms with E-state index in [4.69, 9.17) is 4.74 Å². The number of ketones is 1. The third-order valence-electron chi connectivity index (χ3n) is 3.38. The molecule has 0 aliphatic heterocycles. The predicted molar refractivity (Wildman–Crippen MR) is 86.5 cm³/mol. The highest BCUT2D eigenvalue weighted by atomic mass is 16.5. The van der Waals surface area contributed by atoms with Crippen LogP contribution >= 0.6 is 0 Å². The van der Waals surface area contributed by atoms with E-state index in [1.165, 1.54) is 6.92 Å². The van der Waals surface area contributed by atoms with Gasteiger partial charge in [0.2, 0.25) is 0 Å². The van der Waals surface area contributed by atoms with Crippen LogP contribution in [0, 0.1) is 13.8 Å². The largest absolute Gasteiger partial charge is 0.484 e. The second-order valence-electron chi connectivity index (χ2n) is 5.18. The van der Waals surface area contributed by atoms with Gasteiger partial charge in [0.25, 0.3) is 5.91 Å². The zero-order chi connectivity index (χ0) is 16.1. The SMILES string of the molecule is CC(=O)c1ccc(OCC(=O)Nc2c(C)cccc2C)cc1. The topological polar surface area (TPSA) is 55.4 Å². The van der Waals surface area contributed by atoms with Crippen molar-refractivity contribution in [3.63, 3.8) is 0 Å². The number of Topliss-reactive ketones (excluding diaryl/α,β-unsaturated/α-hetero) is 1. The van der Waals surface area contributed by atoms with Crippen LogP contribution in [0.3, 0.4) is 0 Å². The van der Waals surface area contributed by atoms with Crippen LogP contribution in [0.1, 0.15) is 28.4 Å². The van der Waals surface area contributed by atoms with Gasteiger partial charge < -0.3 is 10.1 Å². The van der Waals surface area contributed by atoms with Gasteiger partial charge in [0.15, 0.2) is 12.4 Å². The molecule has 0 aliphatic rings. The van der Waals surface area contributed by atoms with E-state index in [0.29, 0.717) is 11.3 Å². The van der Waals surface area contributed by atoms with Gasteiger partial charge in [-0.2, -0.15) is 0 Å². The summed E-state index contributed by atoms with van der Waals surface area (Å²) in [5.74, 6) is 0.342. The van der Waals surface area contributed by atoms with Crippen molar-refractivity contribution >= 4 is 17.4 Å². The third-order valence-corrected chi connectivity index (χ3v) is 3.38.